The number of nitrogens with one attached hydrogen (secondary N) is 1. The van der Waals surface area contributed by atoms with E-state index in [2.05, 4.69) is 31.1 Å². The van der Waals surface area contributed by atoms with Crippen molar-refractivity contribution in [1.82, 2.24) is 10.3 Å². The quantitative estimate of drug-likeness (QED) is 0.826. The van der Waals surface area contributed by atoms with Crippen LogP contribution in [0.4, 0.5) is 10.5 Å². The summed E-state index contributed by atoms with van der Waals surface area (Å²) in [6.45, 7) is 7.37. The van der Waals surface area contributed by atoms with Gasteiger partial charge in [0.15, 0.2) is 0 Å². The number of rotatable bonds is 2. The van der Waals surface area contributed by atoms with Crippen molar-refractivity contribution in [2.45, 2.75) is 45.3 Å². The average Bonchev–Trinajstić information content (AvgIpc) is 2.37. The molecule has 0 aromatic carbocycles. The van der Waals surface area contributed by atoms with Crippen molar-refractivity contribution in [3.05, 3.63) is 22.9 Å². The van der Waals surface area contributed by atoms with Crippen LogP contribution in [-0.4, -0.2) is 35.8 Å². The van der Waals surface area contributed by atoms with Gasteiger partial charge in [-0.1, -0.05) is 0 Å². The molecule has 1 aromatic heterocycles. The van der Waals surface area contributed by atoms with Crippen molar-refractivity contribution >= 4 is 27.7 Å². The Morgan fingerprint density at radius 1 is 1.48 bits per heavy atom. The molecule has 0 radical (unpaired) electrons. The maximum Gasteiger partial charge on any atom is 0.407 e. The minimum absolute atomic E-state index is 0.109. The van der Waals surface area contributed by atoms with Crippen LogP contribution in [0, 0.1) is 0 Å². The summed E-state index contributed by atoms with van der Waals surface area (Å²) >= 11 is 3.34. The molecule has 2 rings (SSSR count). The number of carbonyl (C=O) groups excluding carboxylic acids is 1. The third-order valence-corrected chi connectivity index (χ3v) is 3.69. The Bertz CT molecular complexity index is 485. The predicted octanol–water partition coefficient (Wildman–Crippen LogP) is 3.34. The van der Waals surface area contributed by atoms with Gasteiger partial charge in [-0.05, 0) is 61.7 Å². The lowest BCUT2D eigenvalue weighted by Gasteiger charge is -2.34. The number of nitrogens with zero attached hydrogens (tertiary/aromatic N) is 2. The fourth-order valence-corrected chi connectivity index (χ4v) is 2.59. The molecule has 1 saturated heterocycles. The summed E-state index contributed by atoms with van der Waals surface area (Å²) in [5.41, 5.74) is 0.613. The van der Waals surface area contributed by atoms with E-state index in [1.54, 1.807) is 0 Å². The highest BCUT2D eigenvalue weighted by Crippen LogP contribution is 2.20. The molecule has 0 spiro atoms. The first-order valence-electron chi connectivity index (χ1n) is 7.19. The molecule has 1 fully saturated rings. The molecular formula is C15H22BrN3O2. The van der Waals surface area contributed by atoms with E-state index in [0.717, 1.165) is 36.2 Å². The minimum atomic E-state index is -0.464. The lowest BCUT2D eigenvalue weighted by Crippen LogP contribution is -2.49. The molecular weight excluding hydrogens is 334 g/mol. The molecule has 0 saturated carbocycles. The standard InChI is InChI=1S/C15H22BrN3O2/c1-15(2,3)21-14(20)18-11-5-4-8-19(10-11)12-6-7-13(16)17-9-12/h6-7,9,11H,4-5,8,10H2,1-3H3,(H,18,20). The molecule has 1 N–H and O–H groups in total. The van der Waals surface area contributed by atoms with E-state index in [0.29, 0.717) is 0 Å². The highest BCUT2D eigenvalue weighted by atomic mass is 79.9. The van der Waals surface area contributed by atoms with Gasteiger partial charge < -0.3 is 15.0 Å². The molecule has 1 aliphatic rings. The van der Waals surface area contributed by atoms with Crippen molar-refractivity contribution in [3.8, 4) is 0 Å². The zero-order chi connectivity index (χ0) is 15.5. The van der Waals surface area contributed by atoms with E-state index in [9.17, 15) is 4.79 Å². The van der Waals surface area contributed by atoms with E-state index >= 15 is 0 Å². The van der Waals surface area contributed by atoms with Crippen molar-refractivity contribution < 1.29 is 9.53 Å². The fraction of sp³-hybridized carbons (Fsp3) is 0.600. The van der Waals surface area contributed by atoms with Crippen LogP contribution in [0.25, 0.3) is 0 Å². The van der Waals surface area contributed by atoms with Crippen LogP contribution in [-0.2, 0) is 4.74 Å². The van der Waals surface area contributed by atoms with Gasteiger partial charge in [0.2, 0.25) is 0 Å². The Morgan fingerprint density at radius 3 is 2.86 bits per heavy atom. The molecule has 6 heteroatoms. The molecule has 0 bridgehead atoms. The van der Waals surface area contributed by atoms with Gasteiger partial charge in [-0.25, -0.2) is 9.78 Å². The van der Waals surface area contributed by atoms with Crippen LogP contribution in [0.2, 0.25) is 0 Å². The first kappa shape index (κ1) is 16.1. The molecule has 21 heavy (non-hydrogen) atoms. The van der Waals surface area contributed by atoms with E-state index in [-0.39, 0.29) is 12.1 Å². The van der Waals surface area contributed by atoms with Gasteiger partial charge in [-0.2, -0.15) is 0 Å². The number of halogens is 1. The van der Waals surface area contributed by atoms with Crippen LogP contribution < -0.4 is 10.2 Å². The average molecular weight is 356 g/mol. The predicted molar refractivity (Wildman–Crippen MR) is 86.5 cm³/mol. The summed E-state index contributed by atoms with van der Waals surface area (Å²) < 4.78 is 6.14. The SMILES string of the molecule is CC(C)(C)OC(=O)NC1CCCN(c2ccc(Br)nc2)C1. The van der Waals surface area contributed by atoms with Gasteiger partial charge in [0.1, 0.15) is 10.2 Å². The molecule has 1 aliphatic heterocycles. The number of piperidine rings is 1. The largest absolute Gasteiger partial charge is 0.444 e. The highest BCUT2D eigenvalue weighted by Gasteiger charge is 2.24. The Morgan fingerprint density at radius 2 is 2.24 bits per heavy atom. The molecule has 1 amide bonds. The zero-order valence-electron chi connectivity index (χ0n) is 12.7. The van der Waals surface area contributed by atoms with Crippen molar-refractivity contribution in [2.24, 2.45) is 0 Å². The summed E-state index contributed by atoms with van der Waals surface area (Å²) in [5.74, 6) is 0. The van der Waals surface area contributed by atoms with E-state index < -0.39 is 5.60 Å². The lowest BCUT2D eigenvalue weighted by molar-refractivity contribution is 0.0500. The smallest absolute Gasteiger partial charge is 0.407 e. The summed E-state index contributed by atoms with van der Waals surface area (Å²) in [6.07, 6.45) is 3.51. The highest BCUT2D eigenvalue weighted by molar-refractivity contribution is 9.10. The third kappa shape index (κ3) is 5.19. The first-order valence-corrected chi connectivity index (χ1v) is 7.99. The molecule has 116 valence electrons. The second kappa shape index (κ2) is 6.64. The van der Waals surface area contributed by atoms with Crippen molar-refractivity contribution in [2.75, 3.05) is 18.0 Å². The molecule has 0 aliphatic carbocycles. The second-order valence-electron chi connectivity index (χ2n) is 6.27. The Labute approximate surface area is 134 Å². The van der Waals surface area contributed by atoms with Gasteiger partial charge in [0.25, 0.3) is 0 Å². The molecule has 5 nitrogen and oxygen atoms in total. The van der Waals surface area contributed by atoms with Crippen molar-refractivity contribution in [3.63, 3.8) is 0 Å². The monoisotopic (exact) mass is 355 g/mol. The maximum absolute atomic E-state index is 11.8. The number of amides is 1. The zero-order valence-corrected chi connectivity index (χ0v) is 14.3. The summed E-state index contributed by atoms with van der Waals surface area (Å²) in [5, 5.41) is 2.95. The van der Waals surface area contributed by atoms with Crippen LogP contribution in [0.5, 0.6) is 0 Å². The van der Waals surface area contributed by atoms with Crippen LogP contribution >= 0.6 is 15.9 Å². The van der Waals surface area contributed by atoms with Gasteiger partial charge in [0.05, 0.1) is 11.9 Å². The number of hydrogen-bond donors (Lipinski definition) is 1. The van der Waals surface area contributed by atoms with Crippen LogP contribution in [0.1, 0.15) is 33.6 Å². The number of alkyl carbamates (subject to hydrolysis) is 1. The number of hydrogen-bond acceptors (Lipinski definition) is 4. The first-order chi connectivity index (χ1) is 9.83. The second-order valence-corrected chi connectivity index (χ2v) is 7.08. The molecule has 1 atom stereocenters. The Kier molecular flexibility index (Phi) is 5.08. The molecule has 2 heterocycles. The minimum Gasteiger partial charge on any atom is -0.444 e. The number of pyridine rings is 1. The number of anilines is 1. The topological polar surface area (TPSA) is 54.5 Å². The maximum atomic E-state index is 11.8. The van der Waals surface area contributed by atoms with Crippen LogP contribution in [0.3, 0.4) is 0 Å². The van der Waals surface area contributed by atoms with Gasteiger partial charge in [0, 0.05) is 19.1 Å². The van der Waals surface area contributed by atoms with Gasteiger partial charge >= 0.3 is 6.09 Å². The van der Waals surface area contributed by atoms with E-state index in [1.807, 2.05) is 39.1 Å². The van der Waals surface area contributed by atoms with Gasteiger partial charge in [-0.15, -0.1) is 0 Å². The van der Waals surface area contributed by atoms with E-state index in [1.165, 1.54) is 0 Å². The molecule has 1 unspecified atom stereocenters. The normalized spacial score (nSPS) is 19.2. The summed E-state index contributed by atoms with van der Waals surface area (Å²) in [6, 6.07) is 4.07. The Hall–Kier alpha value is -1.30. The Balaban J connectivity index is 1.91. The van der Waals surface area contributed by atoms with Crippen LogP contribution in [0.15, 0.2) is 22.9 Å². The van der Waals surface area contributed by atoms with E-state index in [4.69, 9.17) is 4.74 Å². The third-order valence-electron chi connectivity index (χ3n) is 3.22. The number of carbonyl (C=O) groups is 1. The number of aromatic nitrogens is 1. The summed E-state index contributed by atoms with van der Waals surface area (Å²) in [4.78, 5) is 18.3. The fourth-order valence-electron chi connectivity index (χ4n) is 2.36. The lowest BCUT2D eigenvalue weighted by atomic mass is 10.1. The summed E-state index contributed by atoms with van der Waals surface area (Å²) in [7, 11) is 0. The molecule has 1 aromatic rings. The number of ether oxygens (including phenoxy) is 1. The van der Waals surface area contributed by atoms with Crippen molar-refractivity contribution in [1.29, 1.82) is 0 Å². The van der Waals surface area contributed by atoms with Gasteiger partial charge in [-0.3, -0.25) is 0 Å².